The summed E-state index contributed by atoms with van der Waals surface area (Å²) in [6, 6.07) is 2.05. The molecule has 0 aliphatic rings. The third-order valence-electron chi connectivity index (χ3n) is 2.91. The van der Waals surface area contributed by atoms with Crippen molar-refractivity contribution in [3.05, 3.63) is 41.5 Å². The quantitative estimate of drug-likeness (QED) is 0.614. The number of esters is 1. The molecular formula is C15H13F4NO3. The predicted octanol–water partition coefficient (Wildman–Crippen LogP) is 4.00. The second-order valence-electron chi connectivity index (χ2n) is 4.68. The van der Waals surface area contributed by atoms with Crippen molar-refractivity contribution in [2.75, 3.05) is 6.61 Å². The van der Waals surface area contributed by atoms with Crippen LogP contribution in [0.4, 0.5) is 17.6 Å². The third kappa shape index (κ3) is 4.54. The van der Waals surface area contributed by atoms with Gasteiger partial charge in [-0.1, -0.05) is 0 Å². The van der Waals surface area contributed by atoms with Gasteiger partial charge in [-0.05, 0) is 25.1 Å². The monoisotopic (exact) mass is 331 g/mol. The molecule has 1 heterocycles. The van der Waals surface area contributed by atoms with Crippen molar-refractivity contribution in [1.29, 1.82) is 0 Å². The molecule has 23 heavy (non-hydrogen) atoms. The number of benzene rings is 1. The van der Waals surface area contributed by atoms with Gasteiger partial charge in [0.1, 0.15) is 12.1 Å². The van der Waals surface area contributed by atoms with E-state index in [1.165, 1.54) is 6.26 Å². The number of hydrogen-bond donors (Lipinski definition) is 0. The minimum absolute atomic E-state index is 0.0662. The fourth-order valence-electron chi connectivity index (χ4n) is 1.89. The van der Waals surface area contributed by atoms with E-state index in [4.69, 9.17) is 9.15 Å². The number of nitrogens with zero attached hydrogens (tertiary/aromatic N) is 1. The molecule has 1 aromatic carbocycles. The molecule has 0 aliphatic carbocycles. The van der Waals surface area contributed by atoms with Gasteiger partial charge in [0.25, 0.3) is 0 Å². The van der Waals surface area contributed by atoms with Crippen molar-refractivity contribution in [1.82, 2.24) is 4.98 Å². The minimum Gasteiger partial charge on any atom is -0.466 e. The van der Waals surface area contributed by atoms with Crippen LogP contribution in [-0.2, 0) is 22.1 Å². The van der Waals surface area contributed by atoms with Crippen molar-refractivity contribution in [2.45, 2.75) is 25.9 Å². The van der Waals surface area contributed by atoms with E-state index in [1.54, 1.807) is 6.92 Å². The van der Waals surface area contributed by atoms with Crippen LogP contribution in [0.1, 0.15) is 24.6 Å². The molecule has 0 spiro atoms. The van der Waals surface area contributed by atoms with Crippen LogP contribution in [-0.4, -0.2) is 17.6 Å². The van der Waals surface area contributed by atoms with E-state index in [0.717, 1.165) is 12.1 Å². The van der Waals surface area contributed by atoms with Crippen LogP contribution in [0.15, 0.2) is 28.9 Å². The Balaban J connectivity index is 2.17. The van der Waals surface area contributed by atoms with E-state index < -0.39 is 23.5 Å². The molecule has 0 amide bonds. The molecule has 4 nitrogen and oxygen atoms in total. The average Bonchev–Trinajstić information content (AvgIpc) is 2.93. The first-order chi connectivity index (χ1) is 10.8. The van der Waals surface area contributed by atoms with Crippen molar-refractivity contribution in [3.8, 4) is 11.5 Å². The average molecular weight is 331 g/mol. The molecule has 0 N–H and O–H groups in total. The summed E-state index contributed by atoms with van der Waals surface area (Å²) in [6.07, 6.45) is -3.18. The number of hydrogen-bond acceptors (Lipinski definition) is 4. The number of aromatic nitrogens is 1. The van der Waals surface area contributed by atoms with Gasteiger partial charge in [0, 0.05) is 12.0 Å². The van der Waals surface area contributed by atoms with E-state index >= 15 is 0 Å². The van der Waals surface area contributed by atoms with Gasteiger partial charge in [0.15, 0.2) is 0 Å². The largest absolute Gasteiger partial charge is 0.466 e. The lowest BCUT2D eigenvalue weighted by Crippen LogP contribution is -2.06. The number of carbonyl (C=O) groups excluding carboxylic acids is 1. The lowest BCUT2D eigenvalue weighted by molar-refractivity contribution is -0.143. The molecule has 0 saturated heterocycles. The molecule has 0 saturated carbocycles. The highest BCUT2D eigenvalue weighted by molar-refractivity contribution is 5.69. The van der Waals surface area contributed by atoms with E-state index in [1.807, 2.05) is 0 Å². The maximum absolute atomic E-state index is 13.4. The third-order valence-corrected chi connectivity index (χ3v) is 2.91. The van der Waals surface area contributed by atoms with Crippen LogP contribution in [0.3, 0.4) is 0 Å². The highest BCUT2D eigenvalue weighted by Crippen LogP contribution is 2.33. The first-order valence-electron chi connectivity index (χ1n) is 6.77. The summed E-state index contributed by atoms with van der Waals surface area (Å²) in [6.45, 7) is 1.93. The van der Waals surface area contributed by atoms with Crippen LogP contribution in [0.25, 0.3) is 11.5 Å². The zero-order valence-electron chi connectivity index (χ0n) is 12.1. The van der Waals surface area contributed by atoms with Crippen LogP contribution < -0.4 is 0 Å². The van der Waals surface area contributed by atoms with E-state index in [0.29, 0.717) is 11.8 Å². The Morgan fingerprint density at radius 2 is 2.04 bits per heavy atom. The Hall–Kier alpha value is -2.38. The van der Waals surface area contributed by atoms with Crippen LogP contribution in [0, 0.1) is 5.82 Å². The number of halogens is 4. The number of alkyl halides is 3. The molecule has 0 radical (unpaired) electrons. The maximum atomic E-state index is 13.4. The zero-order chi connectivity index (χ0) is 17.0. The van der Waals surface area contributed by atoms with Gasteiger partial charge in [0.05, 0.1) is 24.3 Å². The number of carbonyl (C=O) groups is 1. The molecule has 0 unspecified atom stereocenters. The van der Waals surface area contributed by atoms with Gasteiger partial charge in [-0.25, -0.2) is 9.37 Å². The maximum Gasteiger partial charge on any atom is 0.416 e. The molecule has 2 aromatic rings. The molecule has 0 bridgehead atoms. The number of oxazole rings is 1. The summed E-state index contributed by atoms with van der Waals surface area (Å²) >= 11 is 0. The number of rotatable bonds is 5. The van der Waals surface area contributed by atoms with E-state index in [9.17, 15) is 22.4 Å². The normalized spacial score (nSPS) is 11.5. The van der Waals surface area contributed by atoms with Crippen molar-refractivity contribution in [3.63, 3.8) is 0 Å². The number of aryl methyl sites for hydroxylation is 1. The standard InChI is InChI=1S/C15H13F4NO3/c1-2-22-13(21)4-3-12-8-23-14(20-12)9-5-10(15(17,18)19)7-11(16)6-9/h5-8H,2-4H2,1H3. The van der Waals surface area contributed by atoms with Crippen molar-refractivity contribution in [2.24, 2.45) is 0 Å². The van der Waals surface area contributed by atoms with Gasteiger partial charge in [-0.3, -0.25) is 4.79 Å². The first-order valence-corrected chi connectivity index (χ1v) is 6.77. The Morgan fingerprint density at radius 3 is 2.70 bits per heavy atom. The van der Waals surface area contributed by atoms with Gasteiger partial charge in [0.2, 0.25) is 5.89 Å². The molecule has 124 valence electrons. The summed E-state index contributed by atoms with van der Waals surface area (Å²) in [7, 11) is 0. The fourth-order valence-corrected chi connectivity index (χ4v) is 1.89. The molecule has 1 aromatic heterocycles. The topological polar surface area (TPSA) is 52.3 Å². The zero-order valence-corrected chi connectivity index (χ0v) is 12.1. The highest BCUT2D eigenvalue weighted by Gasteiger charge is 2.31. The Labute approximate surface area is 129 Å². The second kappa shape index (κ2) is 6.80. The Bertz CT molecular complexity index is 694. The second-order valence-corrected chi connectivity index (χ2v) is 4.68. The van der Waals surface area contributed by atoms with Crippen molar-refractivity contribution >= 4 is 5.97 Å². The molecule has 0 fully saturated rings. The lowest BCUT2D eigenvalue weighted by atomic mass is 10.1. The summed E-state index contributed by atoms with van der Waals surface area (Å²) in [4.78, 5) is 15.2. The summed E-state index contributed by atoms with van der Waals surface area (Å²) in [5.41, 5.74) is -0.885. The predicted molar refractivity (Wildman–Crippen MR) is 71.9 cm³/mol. The molecule has 2 rings (SSSR count). The molecule has 0 atom stereocenters. The summed E-state index contributed by atoms with van der Waals surface area (Å²) in [5, 5.41) is 0. The van der Waals surface area contributed by atoms with Gasteiger partial charge < -0.3 is 9.15 Å². The molecule has 0 aliphatic heterocycles. The fraction of sp³-hybridized carbons (Fsp3) is 0.333. The van der Waals surface area contributed by atoms with Gasteiger partial charge in [-0.2, -0.15) is 13.2 Å². The number of ether oxygens (including phenoxy) is 1. The van der Waals surface area contributed by atoms with Crippen molar-refractivity contribution < 1.29 is 31.5 Å². The minimum atomic E-state index is -4.67. The van der Waals surface area contributed by atoms with Crippen LogP contribution >= 0.6 is 0 Å². The Morgan fingerprint density at radius 1 is 1.30 bits per heavy atom. The van der Waals surface area contributed by atoms with Crippen LogP contribution in [0.2, 0.25) is 0 Å². The van der Waals surface area contributed by atoms with E-state index in [-0.39, 0.29) is 30.9 Å². The Kier molecular flexibility index (Phi) is 5.02. The molecule has 8 heteroatoms. The van der Waals surface area contributed by atoms with Gasteiger partial charge in [-0.15, -0.1) is 0 Å². The lowest BCUT2D eigenvalue weighted by Gasteiger charge is -2.07. The molecular weight excluding hydrogens is 318 g/mol. The SMILES string of the molecule is CCOC(=O)CCc1coc(-c2cc(F)cc(C(F)(F)F)c2)n1. The van der Waals surface area contributed by atoms with Crippen LogP contribution in [0.5, 0.6) is 0 Å². The summed E-state index contributed by atoms with van der Waals surface area (Å²) in [5.74, 6) is -1.60. The van der Waals surface area contributed by atoms with E-state index in [2.05, 4.69) is 4.98 Å². The summed E-state index contributed by atoms with van der Waals surface area (Å²) < 4.78 is 61.2. The smallest absolute Gasteiger partial charge is 0.416 e. The highest BCUT2D eigenvalue weighted by atomic mass is 19.4. The first kappa shape index (κ1) is 17.0. The van der Waals surface area contributed by atoms with Gasteiger partial charge >= 0.3 is 12.1 Å².